The number of benzene rings is 6. The summed E-state index contributed by atoms with van der Waals surface area (Å²) < 4.78 is 0. The number of nitrogens with zero attached hydrogens (tertiary/aromatic N) is 3. The van der Waals surface area contributed by atoms with Crippen molar-refractivity contribution in [2.24, 2.45) is 17.8 Å². The Morgan fingerprint density at radius 2 is 1.09 bits per heavy atom. The smallest absolute Gasteiger partial charge is 0.251 e. The average molecular weight is 758 g/mol. The zero-order valence-corrected chi connectivity index (χ0v) is 35.1. The van der Waals surface area contributed by atoms with Crippen LogP contribution < -0.4 is 41.5 Å². The van der Waals surface area contributed by atoms with Gasteiger partial charge in [-0.05, 0) is 144 Å². The number of rotatable bonds is 5. The van der Waals surface area contributed by atoms with E-state index in [9.17, 15) is 0 Å². The molecule has 0 amide bonds. The summed E-state index contributed by atoms with van der Waals surface area (Å²) in [5.41, 5.74) is 16.7. The molecule has 13 rings (SSSR count). The van der Waals surface area contributed by atoms with E-state index in [1.54, 1.807) is 21.3 Å². The molecule has 3 nitrogen and oxygen atoms in total. The Balaban J connectivity index is 1.20. The van der Waals surface area contributed by atoms with E-state index in [1.165, 1.54) is 95.1 Å². The molecule has 4 saturated carbocycles. The Kier molecular flexibility index (Phi) is 7.05. The molecule has 0 atom stereocenters. The molecule has 0 saturated heterocycles. The number of hydrogen-bond donors (Lipinski definition) is 0. The van der Waals surface area contributed by atoms with E-state index in [1.807, 2.05) is 0 Å². The molecular formula is C52H52BN3Si. The van der Waals surface area contributed by atoms with Gasteiger partial charge < -0.3 is 14.7 Å². The maximum atomic E-state index is 3.01. The molecular weight excluding hydrogens is 705 g/mol. The van der Waals surface area contributed by atoms with Gasteiger partial charge in [-0.2, -0.15) is 0 Å². The van der Waals surface area contributed by atoms with Crippen LogP contribution in [0.3, 0.4) is 0 Å². The van der Waals surface area contributed by atoms with Crippen LogP contribution >= 0.6 is 0 Å². The second-order valence-corrected chi connectivity index (χ2v) is 24.4. The van der Waals surface area contributed by atoms with Gasteiger partial charge in [-0.25, -0.2) is 0 Å². The molecule has 7 aliphatic rings. The van der Waals surface area contributed by atoms with Crippen LogP contribution in [0.4, 0.5) is 45.5 Å². The van der Waals surface area contributed by atoms with Crippen molar-refractivity contribution in [3.05, 3.63) is 139 Å². The minimum Gasteiger partial charge on any atom is -0.336 e. The minimum absolute atomic E-state index is 0.0798. The van der Waals surface area contributed by atoms with Crippen LogP contribution in [-0.2, 0) is 5.41 Å². The fraction of sp³-hybridized carbons (Fsp3) is 0.308. The van der Waals surface area contributed by atoms with Crippen molar-refractivity contribution in [3.8, 4) is 0 Å². The molecule has 4 fully saturated rings. The van der Waals surface area contributed by atoms with Gasteiger partial charge in [0.1, 0.15) is 8.07 Å². The number of hydrogen-bond acceptors (Lipinski definition) is 3. The quantitative estimate of drug-likeness (QED) is 0.162. The third-order valence-electron chi connectivity index (χ3n) is 15.2. The second kappa shape index (κ2) is 11.8. The van der Waals surface area contributed by atoms with E-state index < -0.39 is 8.07 Å². The molecule has 0 spiro atoms. The fourth-order valence-electron chi connectivity index (χ4n) is 13.3. The summed E-state index contributed by atoms with van der Waals surface area (Å²) in [6.07, 6.45) is 8.25. The van der Waals surface area contributed by atoms with Crippen LogP contribution in [0.25, 0.3) is 0 Å². The predicted molar refractivity (Wildman–Crippen MR) is 245 cm³/mol. The van der Waals surface area contributed by atoms with Gasteiger partial charge in [0, 0.05) is 45.4 Å². The third kappa shape index (κ3) is 4.78. The highest BCUT2D eigenvalue weighted by Crippen LogP contribution is 2.61. The van der Waals surface area contributed by atoms with E-state index in [0.717, 1.165) is 17.8 Å². The van der Waals surface area contributed by atoms with Gasteiger partial charge >= 0.3 is 0 Å². The lowest BCUT2D eigenvalue weighted by Crippen LogP contribution is -2.80. The Bertz CT molecular complexity index is 2520. The maximum Gasteiger partial charge on any atom is 0.251 e. The first-order chi connectivity index (χ1) is 27.6. The Labute approximate surface area is 340 Å². The molecule has 3 aliphatic heterocycles. The molecule has 5 heteroatoms. The minimum atomic E-state index is -2.07. The molecule has 0 radical (unpaired) electrons. The molecule has 57 heavy (non-hydrogen) atoms. The topological polar surface area (TPSA) is 9.72 Å². The Hall–Kier alpha value is -5.00. The number of para-hydroxylation sites is 2. The second-order valence-electron chi connectivity index (χ2n) is 20.0. The fourth-order valence-corrected chi connectivity index (χ4v) is 16.5. The molecule has 282 valence electrons. The van der Waals surface area contributed by atoms with Crippen LogP contribution in [0, 0.1) is 17.8 Å². The van der Waals surface area contributed by atoms with Gasteiger partial charge in [0.25, 0.3) is 6.71 Å². The highest BCUT2D eigenvalue weighted by atomic mass is 28.3. The van der Waals surface area contributed by atoms with E-state index >= 15 is 0 Å². The van der Waals surface area contributed by atoms with Gasteiger partial charge in [0.15, 0.2) is 0 Å². The lowest BCUT2D eigenvalue weighted by Gasteiger charge is -2.63. The van der Waals surface area contributed by atoms with E-state index in [-0.39, 0.29) is 17.7 Å². The maximum absolute atomic E-state index is 3.01. The van der Waals surface area contributed by atoms with Crippen LogP contribution in [0.15, 0.2) is 133 Å². The highest BCUT2D eigenvalue weighted by Gasteiger charge is 2.59. The summed E-state index contributed by atoms with van der Waals surface area (Å²) in [5.74, 6) is 2.52. The van der Waals surface area contributed by atoms with Crippen molar-refractivity contribution in [2.75, 3.05) is 14.7 Å². The molecule has 0 N–H and O–H groups in total. The van der Waals surface area contributed by atoms with Crippen molar-refractivity contribution < 1.29 is 0 Å². The van der Waals surface area contributed by atoms with Crippen LogP contribution in [0.1, 0.15) is 64.9 Å². The van der Waals surface area contributed by atoms with Crippen molar-refractivity contribution in [1.82, 2.24) is 0 Å². The van der Waals surface area contributed by atoms with E-state index in [4.69, 9.17) is 0 Å². The third-order valence-corrected chi connectivity index (χ3v) is 18.8. The van der Waals surface area contributed by atoms with Crippen LogP contribution in [0.5, 0.6) is 0 Å². The van der Waals surface area contributed by atoms with Gasteiger partial charge in [0.2, 0.25) is 0 Å². The lowest BCUT2D eigenvalue weighted by molar-refractivity contribution is 0.000645. The van der Waals surface area contributed by atoms with Gasteiger partial charge in [0.05, 0.1) is 5.69 Å². The molecule has 3 heterocycles. The summed E-state index contributed by atoms with van der Waals surface area (Å²) in [6.45, 7) is 12.4. The first-order valence-electron chi connectivity index (χ1n) is 21.6. The normalized spacial score (nSPS) is 24.1. The number of anilines is 8. The van der Waals surface area contributed by atoms with Crippen LogP contribution in [0.2, 0.25) is 13.1 Å². The summed E-state index contributed by atoms with van der Waals surface area (Å²) in [5, 5.41) is 3.24. The van der Waals surface area contributed by atoms with Gasteiger partial charge in [-0.15, -0.1) is 0 Å². The van der Waals surface area contributed by atoms with Crippen molar-refractivity contribution in [3.63, 3.8) is 0 Å². The first-order valence-corrected chi connectivity index (χ1v) is 24.6. The summed E-state index contributed by atoms with van der Waals surface area (Å²) in [6, 6.07) is 51.6. The predicted octanol–water partition coefficient (Wildman–Crippen LogP) is 10.3. The monoisotopic (exact) mass is 757 g/mol. The zero-order valence-electron chi connectivity index (χ0n) is 34.1. The van der Waals surface area contributed by atoms with Crippen molar-refractivity contribution in [1.29, 1.82) is 0 Å². The molecule has 0 unspecified atom stereocenters. The van der Waals surface area contributed by atoms with E-state index in [2.05, 4.69) is 182 Å². The van der Waals surface area contributed by atoms with Crippen molar-refractivity contribution in [2.45, 2.75) is 83.3 Å². The first kappa shape index (κ1) is 34.1. The van der Waals surface area contributed by atoms with Crippen LogP contribution in [-0.4, -0.2) is 20.3 Å². The molecule has 4 aliphatic carbocycles. The summed E-state index contributed by atoms with van der Waals surface area (Å²) in [7, 11) is -2.07. The van der Waals surface area contributed by atoms with E-state index in [0.29, 0.717) is 0 Å². The Morgan fingerprint density at radius 3 is 1.65 bits per heavy atom. The lowest BCUT2D eigenvalue weighted by atomic mass is 9.33. The highest BCUT2D eigenvalue weighted by molar-refractivity contribution is 7.16. The molecule has 0 aromatic heterocycles. The molecule has 6 aromatic carbocycles. The summed E-state index contributed by atoms with van der Waals surface area (Å²) >= 11 is 0. The molecule has 6 aromatic rings. The molecule has 4 bridgehead atoms. The summed E-state index contributed by atoms with van der Waals surface area (Å²) in [4.78, 5) is 8.18. The van der Waals surface area contributed by atoms with Gasteiger partial charge in [-0.1, -0.05) is 117 Å². The largest absolute Gasteiger partial charge is 0.336 e. The average Bonchev–Trinajstić information content (AvgIpc) is 3.20. The standard InChI is InChI=1S/C52H52BN3Si/c1-51(2,3)37-22-24-40(25-23-37)55-42-18-12-20-46-49(42)53-48-44(55)29-41(54(38-14-8-6-9-15-38)39-16-10-7-11-17-39)30-45(48)56(43-19-13-21-47(50(43)53)57(46,4)5)52-31-34-26-35(32-52)28-36(27-34)33-52/h6-25,29-30,34-36H,26-28,31-33H2,1-5H3. The Morgan fingerprint density at radius 1 is 0.561 bits per heavy atom. The zero-order chi connectivity index (χ0) is 38.4. The van der Waals surface area contributed by atoms with Gasteiger partial charge in [-0.3, -0.25) is 0 Å². The SMILES string of the molecule is CC(C)(C)c1ccc(N2c3cc(N(c4ccccc4)c4ccccc4)cc4c3B3c5c2cccc5[Si](C)(C)c2cccc(c23)N4C23CC4CC(CC(C4)C2)C3)cc1. The van der Waals surface area contributed by atoms with Crippen molar-refractivity contribution >= 4 is 87.0 Å².